The Hall–Kier alpha value is -2.63. The van der Waals surface area contributed by atoms with Gasteiger partial charge in [0.1, 0.15) is 11.6 Å². The zero-order valence-corrected chi connectivity index (χ0v) is 9.81. The third-order valence-corrected chi connectivity index (χ3v) is 2.71. The first-order chi connectivity index (χ1) is 8.78. The highest BCUT2D eigenvalue weighted by Gasteiger charge is 2.09. The Morgan fingerprint density at radius 2 is 2.11 bits per heavy atom. The van der Waals surface area contributed by atoms with Crippen molar-refractivity contribution in [1.82, 2.24) is 19.9 Å². The Labute approximate surface area is 103 Å². The van der Waals surface area contributed by atoms with Crippen molar-refractivity contribution < 1.29 is 0 Å². The first-order valence-electron chi connectivity index (χ1n) is 5.52. The Balaban J connectivity index is 2.17. The molecule has 0 aliphatic rings. The quantitative estimate of drug-likeness (QED) is 0.633. The second-order valence-electron chi connectivity index (χ2n) is 3.87. The van der Waals surface area contributed by atoms with E-state index in [1.165, 1.54) is 0 Å². The van der Waals surface area contributed by atoms with Gasteiger partial charge < -0.3 is 16.0 Å². The summed E-state index contributed by atoms with van der Waals surface area (Å²) in [7, 11) is 1.82. The van der Waals surface area contributed by atoms with Crippen LogP contribution >= 0.6 is 0 Å². The van der Waals surface area contributed by atoms with Crippen LogP contribution in [-0.2, 0) is 0 Å². The van der Waals surface area contributed by atoms with Crippen LogP contribution in [0.5, 0.6) is 0 Å². The van der Waals surface area contributed by atoms with E-state index in [1.54, 1.807) is 12.4 Å². The van der Waals surface area contributed by atoms with Gasteiger partial charge in [0.2, 0.25) is 0 Å². The molecule has 3 rings (SSSR count). The van der Waals surface area contributed by atoms with Crippen molar-refractivity contribution in [1.29, 1.82) is 0 Å². The number of H-pyrrole nitrogens is 1. The van der Waals surface area contributed by atoms with E-state index >= 15 is 0 Å². The molecule has 0 unspecified atom stereocenters. The number of aromatic nitrogens is 4. The maximum Gasteiger partial charge on any atom is 0.180 e. The molecular weight excluding hydrogens is 228 g/mol. The predicted octanol–water partition coefficient (Wildman–Crippen LogP) is 1.64. The number of rotatable bonds is 2. The maximum absolute atomic E-state index is 5.88. The second kappa shape index (κ2) is 3.99. The van der Waals surface area contributed by atoms with Crippen LogP contribution in [0.4, 0.5) is 11.5 Å². The Morgan fingerprint density at radius 3 is 2.89 bits per heavy atom. The molecule has 0 spiro atoms. The third kappa shape index (κ3) is 1.64. The maximum atomic E-state index is 5.88. The molecule has 3 aromatic rings. The molecule has 0 atom stereocenters. The molecule has 0 aromatic carbocycles. The molecule has 0 bridgehead atoms. The standard InChI is InChI=1S/C12H12N6/c1-14-10-3-2-9-12(17-10)18-11(16-9)7-4-5-15-6-8(7)13/h2-6H,13H2,1H3,(H2,14,16,17,18). The number of hydrogen-bond donors (Lipinski definition) is 3. The molecule has 4 N–H and O–H groups in total. The first-order valence-corrected chi connectivity index (χ1v) is 5.52. The molecular formula is C12H12N6. The van der Waals surface area contributed by atoms with Crippen LogP contribution in [0.3, 0.4) is 0 Å². The number of pyridine rings is 2. The van der Waals surface area contributed by atoms with Gasteiger partial charge in [-0.25, -0.2) is 9.97 Å². The van der Waals surface area contributed by atoms with Crippen molar-refractivity contribution in [3.05, 3.63) is 30.6 Å². The summed E-state index contributed by atoms with van der Waals surface area (Å²) in [6.07, 6.45) is 3.29. The van der Waals surface area contributed by atoms with Crippen LogP contribution in [0.25, 0.3) is 22.6 Å². The molecule has 6 heteroatoms. The zero-order valence-electron chi connectivity index (χ0n) is 9.81. The first kappa shape index (κ1) is 10.5. The third-order valence-electron chi connectivity index (χ3n) is 2.71. The van der Waals surface area contributed by atoms with Crippen molar-refractivity contribution in [3.8, 4) is 11.4 Å². The number of imidazole rings is 1. The molecule has 0 radical (unpaired) electrons. The fraction of sp³-hybridized carbons (Fsp3) is 0.0833. The fourth-order valence-corrected chi connectivity index (χ4v) is 1.78. The van der Waals surface area contributed by atoms with Crippen molar-refractivity contribution in [3.63, 3.8) is 0 Å². The molecule has 3 aromatic heterocycles. The van der Waals surface area contributed by atoms with Gasteiger partial charge in [-0.2, -0.15) is 0 Å². The molecule has 90 valence electrons. The van der Waals surface area contributed by atoms with E-state index in [9.17, 15) is 0 Å². The predicted molar refractivity (Wildman–Crippen MR) is 71.1 cm³/mol. The lowest BCUT2D eigenvalue weighted by molar-refractivity contribution is 1.27. The summed E-state index contributed by atoms with van der Waals surface area (Å²) in [5.74, 6) is 1.48. The minimum atomic E-state index is 0.588. The molecule has 0 aliphatic heterocycles. The molecule has 0 aliphatic carbocycles. The average molecular weight is 240 g/mol. The van der Waals surface area contributed by atoms with Crippen molar-refractivity contribution in [2.45, 2.75) is 0 Å². The summed E-state index contributed by atoms with van der Waals surface area (Å²) in [6, 6.07) is 5.65. The van der Waals surface area contributed by atoms with Crippen LogP contribution < -0.4 is 11.1 Å². The Bertz CT molecular complexity index is 703. The van der Waals surface area contributed by atoms with Crippen molar-refractivity contribution in [2.24, 2.45) is 0 Å². The van der Waals surface area contributed by atoms with E-state index in [0.29, 0.717) is 17.2 Å². The number of fused-ring (bicyclic) bond motifs is 1. The minimum absolute atomic E-state index is 0.588. The lowest BCUT2D eigenvalue weighted by atomic mass is 10.2. The molecule has 0 fully saturated rings. The fourth-order valence-electron chi connectivity index (χ4n) is 1.78. The van der Waals surface area contributed by atoms with Gasteiger partial charge in [-0.15, -0.1) is 0 Å². The van der Waals surface area contributed by atoms with Crippen LogP contribution in [0, 0.1) is 0 Å². The van der Waals surface area contributed by atoms with E-state index in [4.69, 9.17) is 5.73 Å². The van der Waals surface area contributed by atoms with E-state index < -0.39 is 0 Å². The number of nitrogen functional groups attached to an aromatic ring is 1. The number of nitrogens with two attached hydrogens (primary N) is 1. The van der Waals surface area contributed by atoms with Gasteiger partial charge >= 0.3 is 0 Å². The van der Waals surface area contributed by atoms with Gasteiger partial charge in [0.05, 0.1) is 17.4 Å². The number of nitrogens with one attached hydrogen (secondary N) is 2. The Kier molecular flexibility index (Phi) is 2.33. The molecule has 0 amide bonds. The number of anilines is 2. The summed E-state index contributed by atoms with van der Waals surface area (Å²) < 4.78 is 0. The summed E-state index contributed by atoms with van der Waals surface area (Å²) in [4.78, 5) is 16.0. The summed E-state index contributed by atoms with van der Waals surface area (Å²) >= 11 is 0. The number of aromatic amines is 1. The van der Waals surface area contributed by atoms with Crippen LogP contribution in [0.2, 0.25) is 0 Å². The van der Waals surface area contributed by atoms with Crippen LogP contribution in [0.15, 0.2) is 30.6 Å². The smallest absolute Gasteiger partial charge is 0.180 e. The lowest BCUT2D eigenvalue weighted by Crippen LogP contribution is -1.92. The Morgan fingerprint density at radius 1 is 1.22 bits per heavy atom. The van der Waals surface area contributed by atoms with Gasteiger partial charge in [-0.3, -0.25) is 4.98 Å². The monoisotopic (exact) mass is 240 g/mol. The van der Waals surface area contributed by atoms with Crippen LogP contribution in [0.1, 0.15) is 0 Å². The summed E-state index contributed by atoms with van der Waals surface area (Å²) in [6.45, 7) is 0. The highest BCUT2D eigenvalue weighted by atomic mass is 15.0. The average Bonchev–Trinajstić information content (AvgIpc) is 2.81. The van der Waals surface area contributed by atoms with Crippen molar-refractivity contribution in [2.75, 3.05) is 18.1 Å². The topological polar surface area (TPSA) is 92.5 Å². The van der Waals surface area contributed by atoms with Gasteiger partial charge in [-0.05, 0) is 18.2 Å². The van der Waals surface area contributed by atoms with Crippen molar-refractivity contribution >= 4 is 22.7 Å². The largest absolute Gasteiger partial charge is 0.397 e. The summed E-state index contributed by atoms with van der Waals surface area (Å²) in [5, 5.41) is 2.98. The highest BCUT2D eigenvalue weighted by molar-refractivity contribution is 5.80. The highest BCUT2D eigenvalue weighted by Crippen LogP contribution is 2.24. The van der Waals surface area contributed by atoms with E-state index in [-0.39, 0.29) is 0 Å². The summed E-state index contributed by atoms with van der Waals surface area (Å²) in [5.41, 5.74) is 8.83. The number of nitrogens with zero attached hydrogens (tertiary/aromatic N) is 3. The molecule has 3 heterocycles. The van der Waals surface area contributed by atoms with Gasteiger partial charge in [0, 0.05) is 18.8 Å². The molecule has 18 heavy (non-hydrogen) atoms. The SMILES string of the molecule is CNc1ccc2[nH]c(-c3ccncc3N)nc2n1. The second-order valence-corrected chi connectivity index (χ2v) is 3.87. The normalized spacial score (nSPS) is 10.7. The van der Waals surface area contributed by atoms with E-state index in [0.717, 1.165) is 16.9 Å². The van der Waals surface area contributed by atoms with Gasteiger partial charge in [0.25, 0.3) is 0 Å². The lowest BCUT2D eigenvalue weighted by Gasteiger charge is -1.99. The van der Waals surface area contributed by atoms with E-state index in [1.807, 2.05) is 25.2 Å². The van der Waals surface area contributed by atoms with Crippen LogP contribution in [-0.4, -0.2) is 27.0 Å². The molecule has 0 saturated carbocycles. The minimum Gasteiger partial charge on any atom is -0.397 e. The molecule has 0 saturated heterocycles. The zero-order chi connectivity index (χ0) is 12.5. The van der Waals surface area contributed by atoms with E-state index in [2.05, 4.69) is 25.3 Å². The van der Waals surface area contributed by atoms with Gasteiger partial charge in [0.15, 0.2) is 5.65 Å². The number of hydrogen-bond acceptors (Lipinski definition) is 5. The van der Waals surface area contributed by atoms with Gasteiger partial charge in [-0.1, -0.05) is 0 Å². The molecule has 6 nitrogen and oxygen atoms in total.